The lowest BCUT2D eigenvalue weighted by Gasteiger charge is -2.15. The predicted octanol–water partition coefficient (Wildman–Crippen LogP) is 12.0. The summed E-state index contributed by atoms with van der Waals surface area (Å²) in [5.41, 5.74) is 0. The third-order valence-electron chi connectivity index (χ3n) is 8.28. The van der Waals surface area contributed by atoms with E-state index in [-0.39, 0.29) is 12.6 Å². The summed E-state index contributed by atoms with van der Waals surface area (Å²) in [5.74, 6) is -0.203. The normalized spacial score (nSPS) is 12.5. The molecule has 0 aromatic carbocycles. The number of hydrogen-bond donors (Lipinski definition) is 1. The van der Waals surface area contributed by atoms with Gasteiger partial charge in [-0.25, -0.2) is 0 Å². The highest BCUT2D eigenvalue weighted by molar-refractivity contribution is 5.69. The Hall–Kier alpha value is -1.13. The van der Waals surface area contributed by atoms with Crippen molar-refractivity contribution in [2.24, 2.45) is 0 Å². The SMILES string of the molecule is CCCC/C=C\C/C=C\CCCCCCCCOCC(CO)OC(=O)CCCCCCCCCCCCCCCCCC. The minimum Gasteiger partial charge on any atom is -0.457 e. The first-order valence-corrected chi connectivity index (χ1v) is 18.9. The lowest BCUT2D eigenvalue weighted by atomic mass is 10.0. The fraction of sp³-hybridized carbons (Fsp3) is 0.872. The average molecular weight is 607 g/mol. The van der Waals surface area contributed by atoms with Gasteiger partial charge in [-0.2, -0.15) is 0 Å². The molecule has 4 nitrogen and oxygen atoms in total. The third-order valence-corrected chi connectivity index (χ3v) is 8.28. The van der Waals surface area contributed by atoms with Gasteiger partial charge in [-0.3, -0.25) is 4.79 Å². The fourth-order valence-corrected chi connectivity index (χ4v) is 5.40. The minimum atomic E-state index is -0.534. The first kappa shape index (κ1) is 41.9. The van der Waals surface area contributed by atoms with Crippen molar-refractivity contribution in [3.63, 3.8) is 0 Å². The smallest absolute Gasteiger partial charge is 0.306 e. The summed E-state index contributed by atoms with van der Waals surface area (Å²) >= 11 is 0. The number of esters is 1. The molecular formula is C39H74O4. The summed E-state index contributed by atoms with van der Waals surface area (Å²) in [6.45, 7) is 5.30. The van der Waals surface area contributed by atoms with Gasteiger partial charge in [0.2, 0.25) is 0 Å². The molecule has 1 N–H and O–H groups in total. The number of hydrogen-bond acceptors (Lipinski definition) is 4. The Morgan fingerprint density at radius 3 is 1.51 bits per heavy atom. The van der Waals surface area contributed by atoms with Crippen LogP contribution in [0.5, 0.6) is 0 Å². The average Bonchev–Trinajstić information content (AvgIpc) is 3.01. The minimum absolute atomic E-state index is 0.172. The standard InChI is InChI=1S/C39H74O4/c1-3-5-7-9-11-13-15-17-19-20-22-24-26-28-30-32-34-39(41)43-38(36-40)37-42-35-33-31-29-27-25-23-21-18-16-14-12-10-8-6-4-2/h10,12,16,18,38,40H,3-9,11,13-15,17,19-37H2,1-2H3/b12-10-,18-16-. The number of ether oxygens (including phenoxy) is 2. The molecule has 0 saturated heterocycles. The molecular weight excluding hydrogens is 532 g/mol. The maximum atomic E-state index is 12.1. The van der Waals surface area contributed by atoms with Crippen LogP contribution in [0.15, 0.2) is 24.3 Å². The quantitative estimate of drug-likeness (QED) is 0.0443. The van der Waals surface area contributed by atoms with E-state index in [4.69, 9.17) is 9.47 Å². The van der Waals surface area contributed by atoms with E-state index in [0.717, 1.165) is 25.7 Å². The summed E-state index contributed by atoms with van der Waals surface area (Å²) in [6.07, 6.45) is 43.6. The summed E-state index contributed by atoms with van der Waals surface area (Å²) in [4.78, 5) is 12.1. The molecule has 0 aromatic rings. The number of allylic oxidation sites excluding steroid dienone is 4. The monoisotopic (exact) mass is 607 g/mol. The van der Waals surface area contributed by atoms with Crippen LogP contribution in [-0.4, -0.2) is 37.0 Å². The zero-order valence-corrected chi connectivity index (χ0v) is 29.0. The van der Waals surface area contributed by atoms with E-state index in [1.807, 2.05) is 0 Å². The van der Waals surface area contributed by atoms with Gasteiger partial charge in [0.1, 0.15) is 6.10 Å². The summed E-state index contributed by atoms with van der Waals surface area (Å²) in [7, 11) is 0. The van der Waals surface area contributed by atoms with Gasteiger partial charge >= 0.3 is 5.97 Å². The Morgan fingerprint density at radius 2 is 1.00 bits per heavy atom. The fourth-order valence-electron chi connectivity index (χ4n) is 5.40. The molecule has 1 unspecified atom stereocenters. The van der Waals surface area contributed by atoms with Crippen LogP contribution in [0.1, 0.15) is 194 Å². The molecule has 0 aromatic heterocycles. The first-order valence-electron chi connectivity index (χ1n) is 18.9. The van der Waals surface area contributed by atoms with Crippen LogP contribution in [0.3, 0.4) is 0 Å². The van der Waals surface area contributed by atoms with Gasteiger partial charge in [-0.15, -0.1) is 0 Å². The van der Waals surface area contributed by atoms with Gasteiger partial charge in [0.25, 0.3) is 0 Å². The molecule has 43 heavy (non-hydrogen) atoms. The second-order valence-corrected chi connectivity index (χ2v) is 12.7. The lowest BCUT2D eigenvalue weighted by Crippen LogP contribution is -2.27. The number of carbonyl (C=O) groups excluding carboxylic acids is 1. The Kier molecular flexibility index (Phi) is 36.1. The number of rotatable bonds is 35. The second kappa shape index (κ2) is 37.1. The van der Waals surface area contributed by atoms with Crippen molar-refractivity contribution in [1.82, 2.24) is 0 Å². The molecule has 4 heteroatoms. The van der Waals surface area contributed by atoms with Crippen LogP contribution in [0.25, 0.3) is 0 Å². The van der Waals surface area contributed by atoms with E-state index >= 15 is 0 Å². The molecule has 0 radical (unpaired) electrons. The van der Waals surface area contributed by atoms with Gasteiger partial charge < -0.3 is 14.6 Å². The molecule has 0 amide bonds. The Balaban J connectivity index is 3.43. The van der Waals surface area contributed by atoms with Crippen LogP contribution in [0.2, 0.25) is 0 Å². The van der Waals surface area contributed by atoms with E-state index < -0.39 is 6.10 Å². The van der Waals surface area contributed by atoms with Gasteiger partial charge in [-0.1, -0.05) is 173 Å². The van der Waals surface area contributed by atoms with Crippen LogP contribution in [-0.2, 0) is 14.3 Å². The van der Waals surface area contributed by atoms with Gasteiger partial charge in [-0.05, 0) is 38.5 Å². The van der Waals surface area contributed by atoms with Gasteiger partial charge in [0, 0.05) is 13.0 Å². The highest BCUT2D eigenvalue weighted by Gasteiger charge is 2.13. The van der Waals surface area contributed by atoms with Crippen LogP contribution in [0.4, 0.5) is 0 Å². The second-order valence-electron chi connectivity index (χ2n) is 12.7. The van der Waals surface area contributed by atoms with Gasteiger partial charge in [0.15, 0.2) is 0 Å². The number of carbonyl (C=O) groups is 1. The maximum Gasteiger partial charge on any atom is 0.306 e. The van der Waals surface area contributed by atoms with Crippen molar-refractivity contribution in [2.45, 2.75) is 200 Å². The number of unbranched alkanes of at least 4 members (excludes halogenated alkanes) is 23. The van der Waals surface area contributed by atoms with Crippen molar-refractivity contribution in [1.29, 1.82) is 0 Å². The van der Waals surface area contributed by atoms with Crippen molar-refractivity contribution in [3.05, 3.63) is 24.3 Å². The van der Waals surface area contributed by atoms with Crippen LogP contribution in [0, 0.1) is 0 Å². The third kappa shape index (κ3) is 35.2. The largest absolute Gasteiger partial charge is 0.457 e. The van der Waals surface area contributed by atoms with Crippen LogP contribution >= 0.6 is 0 Å². The molecule has 0 rings (SSSR count). The molecule has 0 spiro atoms. The number of aliphatic hydroxyl groups excluding tert-OH is 1. The molecule has 254 valence electrons. The van der Waals surface area contributed by atoms with E-state index in [0.29, 0.717) is 19.6 Å². The predicted molar refractivity (Wildman–Crippen MR) is 187 cm³/mol. The lowest BCUT2D eigenvalue weighted by molar-refractivity contribution is -0.154. The zero-order chi connectivity index (χ0) is 31.3. The molecule has 0 saturated carbocycles. The highest BCUT2D eigenvalue weighted by atomic mass is 16.6. The highest BCUT2D eigenvalue weighted by Crippen LogP contribution is 2.14. The Morgan fingerprint density at radius 1 is 0.558 bits per heavy atom. The van der Waals surface area contributed by atoms with Crippen molar-refractivity contribution in [3.8, 4) is 0 Å². The molecule has 0 fully saturated rings. The molecule has 0 bridgehead atoms. The molecule has 0 aliphatic rings. The molecule has 0 aliphatic heterocycles. The summed E-state index contributed by atoms with van der Waals surface area (Å²) in [6, 6.07) is 0. The van der Waals surface area contributed by atoms with Crippen molar-refractivity contribution in [2.75, 3.05) is 19.8 Å². The molecule has 0 heterocycles. The van der Waals surface area contributed by atoms with E-state index in [2.05, 4.69) is 38.2 Å². The first-order chi connectivity index (χ1) is 21.2. The Bertz CT molecular complexity index is 600. The summed E-state index contributed by atoms with van der Waals surface area (Å²) < 4.78 is 11.1. The Labute approximate surface area is 268 Å². The van der Waals surface area contributed by atoms with E-state index in [1.54, 1.807) is 0 Å². The topological polar surface area (TPSA) is 55.8 Å². The summed E-state index contributed by atoms with van der Waals surface area (Å²) in [5, 5.41) is 9.56. The van der Waals surface area contributed by atoms with E-state index in [9.17, 15) is 9.90 Å². The van der Waals surface area contributed by atoms with Crippen LogP contribution < -0.4 is 0 Å². The zero-order valence-electron chi connectivity index (χ0n) is 29.0. The maximum absolute atomic E-state index is 12.1. The molecule has 0 aliphatic carbocycles. The van der Waals surface area contributed by atoms with Crippen molar-refractivity contribution >= 4 is 5.97 Å². The van der Waals surface area contributed by atoms with Crippen molar-refractivity contribution < 1.29 is 19.4 Å². The molecule has 1 atom stereocenters. The van der Waals surface area contributed by atoms with Gasteiger partial charge in [0.05, 0.1) is 13.2 Å². The number of aliphatic hydroxyl groups is 1. The van der Waals surface area contributed by atoms with E-state index in [1.165, 1.54) is 148 Å².